The largest absolute Gasteiger partial charge is 0.263 e. The summed E-state index contributed by atoms with van der Waals surface area (Å²) in [6.45, 7) is 1.76. The second kappa shape index (κ2) is 5.76. The Hall–Kier alpha value is -3.02. The smallest absolute Gasteiger partial charge is 0.181 e. The first kappa shape index (κ1) is 15.3. The van der Waals surface area contributed by atoms with Gasteiger partial charge in [0.2, 0.25) is 0 Å². The minimum atomic E-state index is -0.286. The van der Waals surface area contributed by atoms with Gasteiger partial charge in [0.15, 0.2) is 5.82 Å². The molecule has 0 amide bonds. The lowest BCUT2D eigenvalue weighted by Gasteiger charge is -2.09. The Balaban J connectivity index is 1.61. The zero-order valence-corrected chi connectivity index (χ0v) is 14.4. The van der Waals surface area contributed by atoms with Gasteiger partial charge < -0.3 is 0 Å². The average molecular weight is 347 g/mol. The van der Waals surface area contributed by atoms with E-state index in [0.717, 1.165) is 29.1 Å². The summed E-state index contributed by atoms with van der Waals surface area (Å²) in [6.07, 6.45) is 5.21. The molecule has 0 atom stereocenters. The quantitative estimate of drug-likeness (QED) is 0.601. The van der Waals surface area contributed by atoms with Crippen LogP contribution in [0.1, 0.15) is 24.2 Å². The molecule has 2 aromatic heterocycles. The lowest BCUT2D eigenvalue weighted by atomic mass is 10.1. The molecule has 5 nitrogen and oxygen atoms in total. The van der Waals surface area contributed by atoms with Gasteiger partial charge in [-0.05, 0) is 49.4 Å². The van der Waals surface area contributed by atoms with Crippen LogP contribution in [-0.2, 0) is 6.42 Å². The van der Waals surface area contributed by atoms with E-state index in [-0.39, 0.29) is 5.82 Å². The molecule has 1 N–H and O–H groups in total. The molecule has 26 heavy (non-hydrogen) atoms. The van der Waals surface area contributed by atoms with E-state index in [9.17, 15) is 4.39 Å². The Morgan fingerprint density at radius 2 is 2.08 bits per heavy atom. The van der Waals surface area contributed by atoms with Crippen LogP contribution in [0.25, 0.3) is 28.0 Å². The maximum absolute atomic E-state index is 14.6. The lowest BCUT2D eigenvalue weighted by molar-refractivity contribution is 0.617. The van der Waals surface area contributed by atoms with Gasteiger partial charge in [-0.1, -0.05) is 18.2 Å². The van der Waals surface area contributed by atoms with Crippen LogP contribution in [-0.4, -0.2) is 25.0 Å². The fourth-order valence-electron chi connectivity index (χ4n) is 3.30. The number of aromatic amines is 1. The van der Waals surface area contributed by atoms with Gasteiger partial charge >= 0.3 is 0 Å². The zero-order chi connectivity index (χ0) is 17.7. The van der Waals surface area contributed by atoms with Crippen LogP contribution in [0.15, 0.2) is 42.6 Å². The first-order valence-electron chi connectivity index (χ1n) is 8.84. The monoisotopic (exact) mass is 347 g/mol. The summed E-state index contributed by atoms with van der Waals surface area (Å²) in [4.78, 5) is 4.58. The second-order valence-electron chi connectivity index (χ2n) is 6.97. The Kier molecular flexibility index (Phi) is 3.38. The van der Waals surface area contributed by atoms with Gasteiger partial charge in [-0.3, -0.25) is 5.10 Å². The molecule has 2 heterocycles. The fourth-order valence-corrected chi connectivity index (χ4v) is 3.30. The van der Waals surface area contributed by atoms with E-state index in [1.54, 1.807) is 17.8 Å². The van der Waals surface area contributed by atoms with Crippen molar-refractivity contribution < 1.29 is 4.39 Å². The molecule has 0 radical (unpaired) electrons. The predicted molar refractivity (Wildman–Crippen MR) is 97.6 cm³/mol. The summed E-state index contributed by atoms with van der Waals surface area (Å²) < 4.78 is 16.4. The summed E-state index contributed by atoms with van der Waals surface area (Å²) >= 11 is 0. The summed E-state index contributed by atoms with van der Waals surface area (Å²) in [5, 5.41) is 12.8. The van der Waals surface area contributed by atoms with Crippen molar-refractivity contribution in [2.24, 2.45) is 5.92 Å². The van der Waals surface area contributed by atoms with Crippen LogP contribution in [0.4, 0.5) is 4.39 Å². The van der Waals surface area contributed by atoms with E-state index in [4.69, 9.17) is 0 Å². The number of rotatable bonds is 4. The molecule has 130 valence electrons. The van der Waals surface area contributed by atoms with Crippen LogP contribution in [0.2, 0.25) is 0 Å². The molecule has 1 saturated carbocycles. The standard InChI is InChI=1S/C20H18FN5/c1-12-16(20-23-19(24-25-20)8-13-6-7-13)9-15(10-17(12)21)26-18-5-3-2-4-14(18)11-22-26/h2-5,9-11,13H,6-8H2,1H3,(H,23,24,25). The van der Waals surface area contributed by atoms with Gasteiger partial charge in [-0.15, -0.1) is 0 Å². The highest BCUT2D eigenvalue weighted by Crippen LogP contribution is 2.32. The third kappa shape index (κ3) is 2.58. The van der Waals surface area contributed by atoms with Crippen molar-refractivity contribution in [2.75, 3.05) is 0 Å². The van der Waals surface area contributed by atoms with Crippen molar-refractivity contribution in [3.63, 3.8) is 0 Å². The number of aromatic nitrogens is 5. The number of hydrogen-bond acceptors (Lipinski definition) is 3. The van der Waals surface area contributed by atoms with Gasteiger partial charge in [-0.25, -0.2) is 14.1 Å². The highest BCUT2D eigenvalue weighted by atomic mass is 19.1. The van der Waals surface area contributed by atoms with Crippen molar-refractivity contribution >= 4 is 10.9 Å². The number of fused-ring (bicyclic) bond motifs is 1. The molecule has 0 saturated heterocycles. The predicted octanol–water partition coefficient (Wildman–Crippen LogP) is 4.21. The number of para-hydroxylation sites is 1. The molecule has 0 aliphatic heterocycles. The van der Waals surface area contributed by atoms with E-state index < -0.39 is 0 Å². The molecule has 1 aliphatic carbocycles. The maximum Gasteiger partial charge on any atom is 0.181 e. The highest BCUT2D eigenvalue weighted by Gasteiger charge is 2.24. The van der Waals surface area contributed by atoms with Crippen LogP contribution < -0.4 is 0 Å². The molecule has 4 aromatic rings. The molecule has 0 unspecified atom stereocenters. The lowest BCUT2D eigenvalue weighted by Crippen LogP contribution is -2.00. The highest BCUT2D eigenvalue weighted by molar-refractivity contribution is 5.80. The molecule has 1 aliphatic rings. The van der Waals surface area contributed by atoms with E-state index in [1.807, 2.05) is 30.3 Å². The average Bonchev–Trinajstić information content (AvgIpc) is 3.17. The normalized spacial score (nSPS) is 14.2. The Morgan fingerprint density at radius 3 is 2.92 bits per heavy atom. The Bertz CT molecular complexity index is 1110. The molecule has 0 spiro atoms. The maximum atomic E-state index is 14.6. The van der Waals surface area contributed by atoms with Crippen LogP contribution in [0.3, 0.4) is 0 Å². The molecule has 1 fully saturated rings. The van der Waals surface area contributed by atoms with Gasteiger partial charge in [0.25, 0.3) is 0 Å². The number of H-pyrrole nitrogens is 1. The van der Waals surface area contributed by atoms with Crippen molar-refractivity contribution in [3.05, 3.63) is 59.8 Å². The second-order valence-corrected chi connectivity index (χ2v) is 6.97. The van der Waals surface area contributed by atoms with Gasteiger partial charge in [0.05, 0.1) is 17.4 Å². The van der Waals surface area contributed by atoms with Gasteiger partial charge in [0, 0.05) is 17.4 Å². The molecule has 5 rings (SSSR count). The number of hydrogen-bond donors (Lipinski definition) is 1. The third-order valence-corrected chi connectivity index (χ3v) is 5.00. The van der Waals surface area contributed by atoms with E-state index in [1.165, 1.54) is 18.9 Å². The van der Waals surface area contributed by atoms with Crippen molar-refractivity contribution in [3.8, 4) is 17.1 Å². The van der Waals surface area contributed by atoms with E-state index in [2.05, 4.69) is 20.3 Å². The van der Waals surface area contributed by atoms with Crippen LogP contribution >= 0.6 is 0 Å². The SMILES string of the molecule is Cc1c(F)cc(-n2ncc3ccccc32)cc1-c1n[nH]c(CC2CC2)n1. The minimum Gasteiger partial charge on any atom is -0.263 e. The third-order valence-electron chi connectivity index (χ3n) is 5.00. The molecule has 6 heteroatoms. The summed E-state index contributed by atoms with van der Waals surface area (Å²) in [5.74, 6) is 1.84. The van der Waals surface area contributed by atoms with E-state index >= 15 is 0 Å². The molecule has 2 aromatic carbocycles. The summed E-state index contributed by atoms with van der Waals surface area (Å²) in [5.41, 5.74) is 2.84. The fraction of sp³-hybridized carbons (Fsp3) is 0.250. The van der Waals surface area contributed by atoms with Gasteiger partial charge in [0.1, 0.15) is 11.6 Å². The number of benzene rings is 2. The number of halogens is 1. The Morgan fingerprint density at radius 1 is 1.23 bits per heavy atom. The van der Waals surface area contributed by atoms with Crippen molar-refractivity contribution in [1.29, 1.82) is 0 Å². The number of nitrogens with one attached hydrogen (secondary N) is 1. The number of nitrogens with zero attached hydrogens (tertiary/aromatic N) is 4. The van der Waals surface area contributed by atoms with Crippen molar-refractivity contribution in [1.82, 2.24) is 25.0 Å². The molecular formula is C20H18FN5. The topological polar surface area (TPSA) is 59.4 Å². The minimum absolute atomic E-state index is 0.286. The van der Waals surface area contributed by atoms with Crippen LogP contribution in [0, 0.1) is 18.7 Å². The first-order valence-corrected chi connectivity index (χ1v) is 8.84. The summed E-state index contributed by atoms with van der Waals surface area (Å²) in [6, 6.07) is 11.3. The van der Waals surface area contributed by atoms with Crippen molar-refractivity contribution in [2.45, 2.75) is 26.2 Å². The first-order chi connectivity index (χ1) is 12.7. The molecule has 0 bridgehead atoms. The van der Waals surface area contributed by atoms with Gasteiger partial charge in [-0.2, -0.15) is 10.2 Å². The molecular weight excluding hydrogens is 329 g/mol. The Labute approximate surface area is 149 Å². The van der Waals surface area contributed by atoms with E-state index in [0.29, 0.717) is 22.6 Å². The summed E-state index contributed by atoms with van der Waals surface area (Å²) in [7, 11) is 0. The van der Waals surface area contributed by atoms with Crippen LogP contribution in [0.5, 0.6) is 0 Å². The zero-order valence-electron chi connectivity index (χ0n) is 14.4.